The van der Waals surface area contributed by atoms with E-state index in [1.165, 1.54) is 11.1 Å². The first-order valence-electron chi connectivity index (χ1n) is 7.91. The molecule has 1 amide bonds. The van der Waals surface area contributed by atoms with Crippen molar-refractivity contribution in [2.24, 2.45) is 5.73 Å². The molecule has 1 atom stereocenters. The number of rotatable bonds is 3. The molecule has 0 saturated carbocycles. The first-order valence-corrected chi connectivity index (χ1v) is 8.70. The molecule has 1 aliphatic carbocycles. The summed E-state index contributed by atoms with van der Waals surface area (Å²) in [6.45, 7) is 0.546. The average molecular weight is 385 g/mol. The fraction of sp³-hybridized carbons (Fsp3) is 0.222. The molecule has 0 saturated heterocycles. The number of aryl methyl sites for hydroxylation is 1. The highest BCUT2D eigenvalue weighted by molar-refractivity contribution is 9.10. The Morgan fingerprint density at radius 3 is 3.08 bits per heavy atom. The van der Waals surface area contributed by atoms with Gasteiger partial charge in [-0.2, -0.15) is 5.10 Å². The molecular formula is C18H17BrN4O. The number of hydrogen-bond donors (Lipinski definition) is 2. The molecule has 0 bridgehead atoms. The van der Waals surface area contributed by atoms with Gasteiger partial charge in [0.1, 0.15) is 0 Å². The summed E-state index contributed by atoms with van der Waals surface area (Å²) in [5.41, 5.74) is 10.8. The minimum absolute atomic E-state index is 0.0592. The first-order chi connectivity index (χ1) is 11.7. The maximum absolute atomic E-state index is 12.6. The van der Waals surface area contributed by atoms with Crippen LogP contribution in [0.2, 0.25) is 0 Å². The second kappa shape index (κ2) is 6.03. The average Bonchev–Trinajstić information content (AvgIpc) is 3.18. The highest BCUT2D eigenvalue weighted by Gasteiger charge is 2.24. The molecule has 3 N–H and O–H groups in total. The summed E-state index contributed by atoms with van der Waals surface area (Å²) in [5, 5.41) is 7.35. The zero-order valence-corrected chi connectivity index (χ0v) is 14.6. The molecule has 5 nitrogen and oxygen atoms in total. The van der Waals surface area contributed by atoms with Crippen molar-refractivity contribution in [2.75, 3.05) is 0 Å². The van der Waals surface area contributed by atoms with Crippen LogP contribution < -0.4 is 11.1 Å². The zero-order chi connectivity index (χ0) is 16.7. The van der Waals surface area contributed by atoms with Crippen LogP contribution in [-0.2, 0) is 13.0 Å². The van der Waals surface area contributed by atoms with E-state index in [0.29, 0.717) is 12.1 Å². The van der Waals surface area contributed by atoms with Crippen molar-refractivity contribution in [1.82, 2.24) is 14.9 Å². The lowest BCUT2D eigenvalue weighted by Crippen LogP contribution is -2.27. The fourth-order valence-corrected chi connectivity index (χ4v) is 3.67. The molecule has 0 spiro atoms. The predicted molar refractivity (Wildman–Crippen MR) is 95.8 cm³/mol. The van der Waals surface area contributed by atoms with Gasteiger partial charge in [0.2, 0.25) is 0 Å². The van der Waals surface area contributed by atoms with Gasteiger partial charge in [-0.05, 0) is 57.6 Å². The van der Waals surface area contributed by atoms with Gasteiger partial charge in [-0.3, -0.25) is 4.79 Å². The van der Waals surface area contributed by atoms with E-state index in [2.05, 4.69) is 38.5 Å². The number of nitrogens with zero attached hydrogens (tertiary/aromatic N) is 2. The fourth-order valence-electron chi connectivity index (χ4n) is 3.28. The number of halogens is 1. The quantitative estimate of drug-likeness (QED) is 0.728. The third-order valence-electron chi connectivity index (χ3n) is 4.56. The smallest absolute Gasteiger partial charge is 0.251 e. The van der Waals surface area contributed by atoms with Gasteiger partial charge in [0.15, 0.2) is 0 Å². The van der Waals surface area contributed by atoms with Crippen LogP contribution in [-0.4, -0.2) is 15.5 Å². The normalized spacial score (nSPS) is 16.3. The summed E-state index contributed by atoms with van der Waals surface area (Å²) in [5.74, 6) is -0.0636. The summed E-state index contributed by atoms with van der Waals surface area (Å²) in [7, 11) is 0. The third kappa shape index (κ3) is 2.61. The van der Waals surface area contributed by atoms with Gasteiger partial charge < -0.3 is 11.1 Å². The third-order valence-corrected chi connectivity index (χ3v) is 5.17. The summed E-state index contributed by atoms with van der Waals surface area (Å²) in [6.07, 6.45) is 5.42. The molecule has 0 aliphatic heterocycles. The second-order valence-corrected chi connectivity index (χ2v) is 6.89. The van der Waals surface area contributed by atoms with E-state index in [-0.39, 0.29) is 11.9 Å². The topological polar surface area (TPSA) is 72.4 Å². The number of hydrogen-bond acceptors (Lipinski definition) is 3. The van der Waals surface area contributed by atoms with Crippen LogP contribution in [0.4, 0.5) is 0 Å². The minimum atomic E-state index is -0.0636. The molecular weight excluding hydrogens is 368 g/mol. The number of carbonyl (C=O) groups excluding carboxylic acids is 1. The Labute approximate surface area is 148 Å². The van der Waals surface area contributed by atoms with Gasteiger partial charge in [-0.1, -0.05) is 18.2 Å². The van der Waals surface area contributed by atoms with Crippen molar-refractivity contribution in [1.29, 1.82) is 0 Å². The molecule has 0 fully saturated rings. The highest BCUT2D eigenvalue weighted by Crippen LogP contribution is 2.32. The molecule has 3 aromatic rings. The summed E-state index contributed by atoms with van der Waals surface area (Å²) < 4.78 is 2.61. The standard InChI is InChI=1S/C18H17BrN4O/c19-15-10-21-23-6-5-13(8-17(15)23)18(24)22-16-4-2-12-7-11(9-20)1-3-14(12)16/h1,3,5-8,10,16H,2,4,9,20H2,(H,22,24). The van der Waals surface area contributed by atoms with E-state index in [9.17, 15) is 4.79 Å². The molecule has 1 unspecified atom stereocenters. The summed E-state index contributed by atoms with van der Waals surface area (Å²) in [6, 6.07) is 9.97. The van der Waals surface area contributed by atoms with Crippen molar-refractivity contribution >= 4 is 27.4 Å². The molecule has 1 aliphatic rings. The van der Waals surface area contributed by atoms with Crippen molar-refractivity contribution in [3.63, 3.8) is 0 Å². The Morgan fingerprint density at radius 2 is 2.25 bits per heavy atom. The molecule has 24 heavy (non-hydrogen) atoms. The van der Waals surface area contributed by atoms with Crippen molar-refractivity contribution < 1.29 is 4.79 Å². The van der Waals surface area contributed by atoms with Crippen LogP contribution in [0.5, 0.6) is 0 Å². The number of nitrogens with one attached hydrogen (secondary N) is 1. The van der Waals surface area contributed by atoms with Crippen molar-refractivity contribution in [2.45, 2.75) is 25.4 Å². The minimum Gasteiger partial charge on any atom is -0.345 e. The number of nitrogens with two attached hydrogens (primary N) is 1. The van der Waals surface area contributed by atoms with E-state index in [4.69, 9.17) is 5.73 Å². The SMILES string of the molecule is NCc1ccc2c(c1)CCC2NC(=O)c1ccn2ncc(Br)c2c1. The van der Waals surface area contributed by atoms with Crippen LogP contribution in [0.25, 0.3) is 5.52 Å². The number of benzene rings is 1. The molecule has 6 heteroatoms. The maximum atomic E-state index is 12.6. The zero-order valence-electron chi connectivity index (χ0n) is 13.0. The Balaban J connectivity index is 1.57. The monoisotopic (exact) mass is 384 g/mol. The van der Waals surface area contributed by atoms with E-state index in [0.717, 1.165) is 28.4 Å². The predicted octanol–water partition coefficient (Wildman–Crippen LogP) is 2.97. The van der Waals surface area contributed by atoms with Crippen molar-refractivity contribution in [3.05, 3.63) is 69.5 Å². The summed E-state index contributed by atoms with van der Waals surface area (Å²) >= 11 is 3.45. The van der Waals surface area contributed by atoms with Gasteiger partial charge in [-0.25, -0.2) is 4.52 Å². The maximum Gasteiger partial charge on any atom is 0.251 e. The van der Waals surface area contributed by atoms with Crippen LogP contribution >= 0.6 is 15.9 Å². The Kier molecular flexibility index (Phi) is 3.86. The number of pyridine rings is 1. The van der Waals surface area contributed by atoms with Crippen molar-refractivity contribution in [3.8, 4) is 0 Å². The number of carbonyl (C=O) groups is 1. The van der Waals surface area contributed by atoms with Crippen LogP contribution in [0.15, 0.2) is 47.2 Å². The van der Waals surface area contributed by atoms with Crippen LogP contribution in [0.1, 0.15) is 39.5 Å². The van der Waals surface area contributed by atoms with E-state index in [1.807, 2.05) is 12.1 Å². The van der Waals surface area contributed by atoms with E-state index < -0.39 is 0 Å². The van der Waals surface area contributed by atoms with Gasteiger partial charge in [-0.15, -0.1) is 0 Å². The second-order valence-electron chi connectivity index (χ2n) is 6.04. The lowest BCUT2D eigenvalue weighted by atomic mass is 10.0. The largest absolute Gasteiger partial charge is 0.345 e. The molecule has 122 valence electrons. The van der Waals surface area contributed by atoms with Crippen LogP contribution in [0.3, 0.4) is 0 Å². The number of fused-ring (bicyclic) bond motifs is 2. The van der Waals surface area contributed by atoms with Crippen LogP contribution in [0, 0.1) is 0 Å². The van der Waals surface area contributed by atoms with Gasteiger partial charge in [0, 0.05) is 18.3 Å². The lowest BCUT2D eigenvalue weighted by molar-refractivity contribution is 0.0936. The lowest BCUT2D eigenvalue weighted by Gasteiger charge is -2.14. The molecule has 4 rings (SSSR count). The van der Waals surface area contributed by atoms with Gasteiger partial charge >= 0.3 is 0 Å². The molecule has 2 heterocycles. The van der Waals surface area contributed by atoms with E-state index in [1.54, 1.807) is 23.0 Å². The van der Waals surface area contributed by atoms with E-state index >= 15 is 0 Å². The summed E-state index contributed by atoms with van der Waals surface area (Å²) in [4.78, 5) is 12.6. The Bertz CT molecular complexity index is 934. The molecule has 1 aromatic carbocycles. The van der Waals surface area contributed by atoms with Gasteiger partial charge in [0.05, 0.1) is 22.2 Å². The number of aromatic nitrogens is 2. The Morgan fingerprint density at radius 1 is 1.38 bits per heavy atom. The highest BCUT2D eigenvalue weighted by atomic mass is 79.9. The first kappa shape index (κ1) is 15.4. The molecule has 0 radical (unpaired) electrons. The van der Waals surface area contributed by atoms with Gasteiger partial charge in [0.25, 0.3) is 5.91 Å². The Hall–Kier alpha value is -2.18. The molecule has 2 aromatic heterocycles. The number of amides is 1.